The van der Waals surface area contributed by atoms with Gasteiger partial charge in [0.2, 0.25) is 0 Å². The molecule has 0 bridgehead atoms. The van der Waals surface area contributed by atoms with Crippen LogP contribution in [0.15, 0.2) is 36.4 Å². The van der Waals surface area contributed by atoms with Crippen molar-refractivity contribution in [3.63, 3.8) is 0 Å². The molecule has 4 aliphatic rings. The van der Waals surface area contributed by atoms with Crippen LogP contribution in [-0.4, -0.2) is 39.3 Å². The summed E-state index contributed by atoms with van der Waals surface area (Å²) in [5.41, 5.74) is 0.766. The zero-order valence-corrected chi connectivity index (χ0v) is 21.2. The molecular weight excluding hydrogens is 502 g/mol. The van der Waals surface area contributed by atoms with Crippen molar-refractivity contribution in [2.75, 3.05) is 0 Å². The number of aliphatic hydroxyl groups excluding tert-OH is 1. The summed E-state index contributed by atoms with van der Waals surface area (Å²) >= 11 is 0. The van der Waals surface area contributed by atoms with Gasteiger partial charge in [0.15, 0.2) is 0 Å². The number of hydrogen-bond acceptors (Lipinski definition) is 4. The van der Waals surface area contributed by atoms with Crippen LogP contribution in [0.5, 0.6) is 5.75 Å². The maximum Gasteiger partial charge on any atom is 0.416 e. The highest BCUT2D eigenvalue weighted by Crippen LogP contribution is 2.74. The lowest BCUT2D eigenvalue weighted by Gasteiger charge is -2.82. The van der Waals surface area contributed by atoms with Gasteiger partial charge >= 0.3 is 12.1 Å². The summed E-state index contributed by atoms with van der Waals surface area (Å²) < 4.78 is 61.5. The summed E-state index contributed by atoms with van der Waals surface area (Å²) in [6.45, 7) is 3.21. The molecule has 0 aromatic heterocycles. The highest BCUT2D eigenvalue weighted by molar-refractivity contribution is 5.70. The van der Waals surface area contributed by atoms with Crippen molar-refractivity contribution in [2.45, 2.75) is 82.5 Å². The second-order valence-electron chi connectivity index (χ2n) is 11.5. The summed E-state index contributed by atoms with van der Waals surface area (Å²) in [5.74, 6) is -1.74. The van der Waals surface area contributed by atoms with Crippen LogP contribution in [0.4, 0.5) is 17.6 Å². The molecule has 1 saturated heterocycles. The number of benzene rings is 2. The van der Waals surface area contributed by atoms with Gasteiger partial charge in [-0.1, -0.05) is 12.1 Å². The first-order valence-electron chi connectivity index (χ1n) is 13.3. The fourth-order valence-corrected chi connectivity index (χ4v) is 7.79. The summed E-state index contributed by atoms with van der Waals surface area (Å²) in [6.07, 6.45) is -1.35. The zero-order valence-electron chi connectivity index (χ0n) is 21.2. The van der Waals surface area contributed by atoms with Crippen LogP contribution in [0, 0.1) is 23.1 Å². The Bertz CT molecular complexity index is 1270. The molecule has 9 heteroatoms. The largest absolute Gasteiger partial charge is 0.490 e. The van der Waals surface area contributed by atoms with Crippen LogP contribution >= 0.6 is 0 Å². The van der Waals surface area contributed by atoms with Crippen LogP contribution in [0.1, 0.15) is 73.9 Å². The lowest BCUT2D eigenvalue weighted by molar-refractivity contribution is -0.328. The van der Waals surface area contributed by atoms with Crippen LogP contribution in [-0.2, 0) is 17.4 Å². The van der Waals surface area contributed by atoms with E-state index in [0.29, 0.717) is 11.3 Å². The fourth-order valence-electron chi connectivity index (χ4n) is 7.79. The van der Waals surface area contributed by atoms with Gasteiger partial charge in [0, 0.05) is 29.5 Å². The molecule has 0 radical (unpaired) electrons. The molecule has 1 spiro atoms. The van der Waals surface area contributed by atoms with E-state index in [4.69, 9.17) is 4.74 Å². The van der Waals surface area contributed by atoms with E-state index in [1.165, 1.54) is 6.92 Å². The number of carboxylic acids is 1. The van der Waals surface area contributed by atoms with Gasteiger partial charge in [-0.3, -0.25) is 9.69 Å². The third kappa shape index (κ3) is 3.61. The average molecular weight is 534 g/mol. The van der Waals surface area contributed by atoms with Crippen molar-refractivity contribution in [1.29, 1.82) is 0 Å². The van der Waals surface area contributed by atoms with E-state index in [1.807, 2.05) is 6.07 Å². The molecule has 8 atom stereocenters. The van der Waals surface area contributed by atoms with E-state index in [-0.39, 0.29) is 35.1 Å². The maximum atomic E-state index is 14.0. The number of nitrogens with zero attached hydrogens (tertiary/aromatic N) is 1. The van der Waals surface area contributed by atoms with E-state index in [9.17, 15) is 32.6 Å². The van der Waals surface area contributed by atoms with Crippen LogP contribution < -0.4 is 4.74 Å². The Morgan fingerprint density at radius 1 is 1.13 bits per heavy atom. The molecule has 2 saturated carbocycles. The van der Waals surface area contributed by atoms with Gasteiger partial charge in [-0.05, 0) is 86.9 Å². The van der Waals surface area contributed by atoms with Gasteiger partial charge in [0.05, 0.1) is 17.6 Å². The number of aliphatic hydroxyl groups is 1. The molecular formula is C29H31F4NO4. The number of piperidine rings is 2. The number of ether oxygens (including phenoxy) is 1. The Kier molecular flexibility index (Phi) is 5.85. The maximum absolute atomic E-state index is 14.0. The van der Waals surface area contributed by atoms with E-state index in [1.54, 1.807) is 19.1 Å². The molecule has 2 aliphatic heterocycles. The van der Waals surface area contributed by atoms with Gasteiger partial charge in [-0.15, -0.1) is 0 Å². The molecule has 0 amide bonds. The lowest BCUT2D eigenvalue weighted by atomic mass is 9.36. The second-order valence-corrected chi connectivity index (χ2v) is 11.5. The SMILES string of the molecule is C[C@H](C(=O)O)[C@@H](O)c1ccc2c(c1)OC(C1CC3N([C@H](C)c4cc(F)ccc4C(F)(F)F)C4CCC143)CC2. The quantitative estimate of drug-likeness (QED) is 0.452. The summed E-state index contributed by atoms with van der Waals surface area (Å²) in [6, 6.07) is 7.88. The topological polar surface area (TPSA) is 70.0 Å². The van der Waals surface area contributed by atoms with Gasteiger partial charge in [-0.25, -0.2) is 4.39 Å². The minimum Gasteiger partial charge on any atom is -0.490 e. The number of aliphatic carboxylic acids is 1. The van der Waals surface area contributed by atoms with Crippen LogP contribution in [0.25, 0.3) is 0 Å². The first-order valence-corrected chi connectivity index (χ1v) is 13.3. The van der Waals surface area contributed by atoms with E-state index in [0.717, 1.165) is 55.9 Å². The highest BCUT2D eigenvalue weighted by Gasteiger charge is 2.77. The second kappa shape index (κ2) is 8.68. The lowest BCUT2D eigenvalue weighted by Crippen LogP contribution is -2.86. The number of fused-ring (bicyclic) bond motifs is 1. The predicted octanol–water partition coefficient (Wildman–Crippen LogP) is 5.91. The number of aryl methyl sites for hydroxylation is 1. The predicted molar refractivity (Wildman–Crippen MR) is 130 cm³/mol. The van der Waals surface area contributed by atoms with Gasteiger partial charge in [-0.2, -0.15) is 13.2 Å². The molecule has 2 heterocycles. The minimum absolute atomic E-state index is 0.00836. The van der Waals surface area contributed by atoms with Crippen molar-refractivity contribution < 1.29 is 37.3 Å². The third-order valence-electron chi connectivity index (χ3n) is 9.92. The Morgan fingerprint density at radius 2 is 1.89 bits per heavy atom. The number of alkyl halides is 3. The molecule has 204 valence electrons. The summed E-state index contributed by atoms with van der Waals surface area (Å²) in [5, 5.41) is 19.7. The first-order chi connectivity index (χ1) is 17.9. The number of hydrogen-bond donors (Lipinski definition) is 2. The van der Waals surface area contributed by atoms with Gasteiger partial charge < -0.3 is 14.9 Å². The molecule has 5 unspecified atom stereocenters. The number of halogens is 4. The number of carbonyl (C=O) groups is 1. The summed E-state index contributed by atoms with van der Waals surface area (Å²) in [7, 11) is 0. The minimum atomic E-state index is -4.54. The molecule has 2 aromatic carbocycles. The van der Waals surface area contributed by atoms with Gasteiger partial charge in [0.25, 0.3) is 0 Å². The number of rotatable bonds is 6. The van der Waals surface area contributed by atoms with Gasteiger partial charge in [0.1, 0.15) is 17.7 Å². The zero-order chi connectivity index (χ0) is 27.1. The van der Waals surface area contributed by atoms with E-state index < -0.39 is 41.6 Å². The monoisotopic (exact) mass is 533 g/mol. The third-order valence-corrected chi connectivity index (χ3v) is 9.92. The van der Waals surface area contributed by atoms with E-state index >= 15 is 0 Å². The van der Waals surface area contributed by atoms with Crippen molar-refractivity contribution in [2.24, 2.45) is 17.3 Å². The average Bonchev–Trinajstić information content (AvgIpc) is 2.84. The molecule has 6 rings (SSSR count). The number of likely N-dealkylation sites (tertiary alicyclic amines) is 1. The first kappa shape index (κ1) is 25.6. The van der Waals surface area contributed by atoms with Crippen molar-refractivity contribution in [3.8, 4) is 5.75 Å². The highest BCUT2D eigenvalue weighted by atomic mass is 19.4. The molecule has 2 N–H and O–H groups in total. The smallest absolute Gasteiger partial charge is 0.416 e. The van der Waals surface area contributed by atoms with Crippen molar-refractivity contribution in [3.05, 3.63) is 64.5 Å². The molecule has 38 heavy (non-hydrogen) atoms. The Morgan fingerprint density at radius 3 is 2.53 bits per heavy atom. The fraction of sp³-hybridized carbons (Fsp3) is 0.552. The normalized spacial score (nSPS) is 32.2. The standard InChI is InChI=1S/C29H31F4NO4/c1-14(27(36)37)26(35)17-4-3-16-5-8-22(38-23(16)11-17)21-13-25-28(21)10-9-24(28)34(25)15(2)19-12-18(30)6-7-20(19)29(31,32)33/h3-4,6-7,11-12,14-15,21-22,24-26,35H,5,8-10,13H2,1-2H3,(H,36,37)/t14-,15+,21?,22?,24?,25?,26+,28?/m0/s1. The molecule has 3 fully saturated rings. The van der Waals surface area contributed by atoms with E-state index in [2.05, 4.69) is 4.90 Å². The van der Waals surface area contributed by atoms with Crippen LogP contribution in [0.3, 0.4) is 0 Å². The summed E-state index contributed by atoms with van der Waals surface area (Å²) in [4.78, 5) is 13.5. The molecule has 2 aliphatic carbocycles. The van der Waals surface area contributed by atoms with Crippen molar-refractivity contribution >= 4 is 5.97 Å². The Labute approximate surface area is 218 Å². The molecule has 5 nitrogen and oxygen atoms in total. The van der Waals surface area contributed by atoms with Crippen LogP contribution in [0.2, 0.25) is 0 Å². The molecule has 2 aromatic rings. The Hall–Kier alpha value is -2.65. The Balaban J connectivity index is 1.19. The number of carboxylic acid groups (broad SMARTS) is 1. The van der Waals surface area contributed by atoms with Crippen molar-refractivity contribution in [1.82, 2.24) is 4.90 Å².